The lowest BCUT2D eigenvalue weighted by Crippen LogP contribution is -2.04. The van der Waals surface area contributed by atoms with E-state index in [1.54, 1.807) is 0 Å². The third-order valence-corrected chi connectivity index (χ3v) is 3.28. The highest BCUT2D eigenvalue weighted by atomic mass is 19.4. The molecule has 0 atom stereocenters. The van der Waals surface area contributed by atoms with Gasteiger partial charge in [0, 0.05) is 10.8 Å². The second-order valence-corrected chi connectivity index (χ2v) is 4.48. The molecule has 1 nitrogen and oxygen atoms in total. The number of alkyl halides is 3. The summed E-state index contributed by atoms with van der Waals surface area (Å²) in [6, 6.07) is 11.2. The van der Waals surface area contributed by atoms with Crippen LogP contribution in [0, 0.1) is 6.92 Å². The third kappa shape index (κ3) is 1.93. The van der Waals surface area contributed by atoms with Crippen molar-refractivity contribution in [2.24, 2.45) is 0 Å². The molecule has 3 aromatic rings. The number of fused-ring (bicyclic) bond motifs is 2. The number of aryl methyl sites for hydroxylation is 1. The van der Waals surface area contributed by atoms with E-state index in [1.165, 1.54) is 6.07 Å². The average Bonchev–Trinajstić information content (AvgIpc) is 2.37. The average molecular weight is 261 g/mol. The summed E-state index contributed by atoms with van der Waals surface area (Å²) in [7, 11) is 0. The van der Waals surface area contributed by atoms with Gasteiger partial charge in [-0.25, -0.2) is 4.98 Å². The van der Waals surface area contributed by atoms with Crippen LogP contribution in [0.3, 0.4) is 0 Å². The molecule has 0 fully saturated rings. The maximum atomic E-state index is 12.7. The number of pyridine rings is 1. The second-order valence-electron chi connectivity index (χ2n) is 4.48. The molecular formula is C15H10F3N. The molecule has 0 unspecified atom stereocenters. The van der Waals surface area contributed by atoms with Crippen LogP contribution < -0.4 is 0 Å². The molecule has 1 heterocycles. The van der Waals surface area contributed by atoms with Gasteiger partial charge >= 0.3 is 6.18 Å². The summed E-state index contributed by atoms with van der Waals surface area (Å²) in [4.78, 5) is 4.31. The molecule has 19 heavy (non-hydrogen) atoms. The predicted octanol–water partition coefficient (Wildman–Crippen LogP) is 4.72. The highest BCUT2D eigenvalue weighted by molar-refractivity contribution is 5.97. The summed E-state index contributed by atoms with van der Waals surface area (Å²) in [6.45, 7) is 1.90. The summed E-state index contributed by atoms with van der Waals surface area (Å²) >= 11 is 0. The van der Waals surface area contributed by atoms with Crippen LogP contribution in [0.25, 0.3) is 21.8 Å². The number of aromatic nitrogens is 1. The normalized spacial score (nSPS) is 12.2. The van der Waals surface area contributed by atoms with Crippen LogP contribution in [0.1, 0.15) is 11.1 Å². The summed E-state index contributed by atoms with van der Waals surface area (Å²) in [5.41, 5.74) is 1.38. The lowest BCUT2D eigenvalue weighted by atomic mass is 10.0. The maximum absolute atomic E-state index is 12.7. The van der Waals surface area contributed by atoms with Crippen molar-refractivity contribution >= 4 is 21.8 Å². The first-order valence-electron chi connectivity index (χ1n) is 5.83. The minimum atomic E-state index is -4.34. The van der Waals surface area contributed by atoms with Crippen molar-refractivity contribution in [3.63, 3.8) is 0 Å². The first-order chi connectivity index (χ1) is 8.97. The number of para-hydroxylation sites is 1. The van der Waals surface area contributed by atoms with Crippen LogP contribution in [0.15, 0.2) is 42.5 Å². The topological polar surface area (TPSA) is 12.9 Å². The van der Waals surface area contributed by atoms with E-state index in [1.807, 2.05) is 31.2 Å². The fraction of sp³-hybridized carbons (Fsp3) is 0.133. The van der Waals surface area contributed by atoms with Crippen LogP contribution >= 0.6 is 0 Å². The summed E-state index contributed by atoms with van der Waals surface area (Å²) in [5.74, 6) is 0. The molecule has 0 N–H and O–H groups in total. The van der Waals surface area contributed by atoms with Crippen LogP contribution in [-0.4, -0.2) is 4.98 Å². The van der Waals surface area contributed by atoms with Gasteiger partial charge in [-0.05, 0) is 30.7 Å². The molecule has 0 aliphatic rings. The van der Waals surface area contributed by atoms with E-state index in [0.717, 1.165) is 28.5 Å². The molecule has 4 heteroatoms. The molecule has 0 saturated carbocycles. The van der Waals surface area contributed by atoms with Gasteiger partial charge in [0.25, 0.3) is 0 Å². The number of rotatable bonds is 0. The van der Waals surface area contributed by atoms with Crippen molar-refractivity contribution < 1.29 is 13.2 Å². The van der Waals surface area contributed by atoms with E-state index < -0.39 is 11.7 Å². The zero-order chi connectivity index (χ0) is 13.6. The molecule has 0 radical (unpaired) electrons. The van der Waals surface area contributed by atoms with E-state index in [0.29, 0.717) is 11.0 Å². The zero-order valence-corrected chi connectivity index (χ0v) is 10.1. The number of hydrogen-bond donors (Lipinski definition) is 0. The zero-order valence-electron chi connectivity index (χ0n) is 10.1. The monoisotopic (exact) mass is 261 g/mol. The van der Waals surface area contributed by atoms with Gasteiger partial charge < -0.3 is 0 Å². The van der Waals surface area contributed by atoms with Gasteiger partial charge in [-0.2, -0.15) is 13.2 Å². The molecule has 2 aromatic carbocycles. The molecule has 0 saturated heterocycles. The van der Waals surface area contributed by atoms with Crippen LogP contribution in [0.5, 0.6) is 0 Å². The van der Waals surface area contributed by atoms with Crippen molar-refractivity contribution in [3.05, 3.63) is 53.6 Å². The van der Waals surface area contributed by atoms with Gasteiger partial charge in [-0.15, -0.1) is 0 Å². The van der Waals surface area contributed by atoms with Gasteiger partial charge in [-0.1, -0.05) is 24.3 Å². The Morgan fingerprint density at radius 1 is 0.895 bits per heavy atom. The van der Waals surface area contributed by atoms with Crippen LogP contribution in [0.2, 0.25) is 0 Å². The fourth-order valence-corrected chi connectivity index (χ4v) is 2.28. The Morgan fingerprint density at radius 2 is 1.58 bits per heavy atom. The van der Waals surface area contributed by atoms with Gasteiger partial charge in [0.15, 0.2) is 0 Å². The van der Waals surface area contributed by atoms with Crippen molar-refractivity contribution in [1.29, 1.82) is 0 Å². The minimum Gasteiger partial charge on any atom is -0.248 e. The molecule has 0 aliphatic carbocycles. The smallest absolute Gasteiger partial charge is 0.248 e. The SMILES string of the molecule is Cc1c2ccccc2nc2cc(C(F)(F)F)ccc12. The van der Waals surface area contributed by atoms with Crippen molar-refractivity contribution in [3.8, 4) is 0 Å². The highest BCUT2D eigenvalue weighted by Crippen LogP contribution is 2.33. The van der Waals surface area contributed by atoms with Crippen molar-refractivity contribution in [1.82, 2.24) is 4.98 Å². The Hall–Kier alpha value is -2.10. The molecule has 0 aliphatic heterocycles. The van der Waals surface area contributed by atoms with Gasteiger partial charge in [0.05, 0.1) is 16.6 Å². The summed E-state index contributed by atoms with van der Waals surface area (Å²) < 4.78 is 38.1. The van der Waals surface area contributed by atoms with Crippen molar-refractivity contribution in [2.45, 2.75) is 13.1 Å². The Morgan fingerprint density at radius 3 is 2.32 bits per heavy atom. The molecule has 0 spiro atoms. The highest BCUT2D eigenvalue weighted by Gasteiger charge is 2.30. The summed E-state index contributed by atoms with van der Waals surface area (Å²) in [5, 5.41) is 1.72. The van der Waals surface area contributed by atoms with E-state index >= 15 is 0 Å². The summed E-state index contributed by atoms with van der Waals surface area (Å²) in [6.07, 6.45) is -4.34. The van der Waals surface area contributed by atoms with E-state index in [4.69, 9.17) is 0 Å². The maximum Gasteiger partial charge on any atom is 0.416 e. The molecular weight excluding hydrogens is 251 g/mol. The number of nitrogens with zero attached hydrogens (tertiary/aromatic N) is 1. The standard InChI is InChI=1S/C15H10F3N/c1-9-11-4-2-3-5-13(11)19-14-8-10(15(16,17)18)6-7-12(9)14/h2-8H,1H3. The second kappa shape index (κ2) is 3.95. The number of halogens is 3. The Bertz CT molecular complexity index is 775. The van der Waals surface area contributed by atoms with Gasteiger partial charge in [-0.3, -0.25) is 0 Å². The van der Waals surface area contributed by atoms with Gasteiger partial charge in [0.2, 0.25) is 0 Å². The van der Waals surface area contributed by atoms with Crippen LogP contribution in [0.4, 0.5) is 13.2 Å². The lowest BCUT2D eigenvalue weighted by Gasteiger charge is -2.10. The van der Waals surface area contributed by atoms with E-state index in [9.17, 15) is 13.2 Å². The number of benzene rings is 2. The van der Waals surface area contributed by atoms with Crippen molar-refractivity contribution in [2.75, 3.05) is 0 Å². The van der Waals surface area contributed by atoms with Gasteiger partial charge in [0.1, 0.15) is 0 Å². The third-order valence-electron chi connectivity index (χ3n) is 3.28. The number of hydrogen-bond acceptors (Lipinski definition) is 1. The molecule has 1 aromatic heterocycles. The molecule has 0 bridgehead atoms. The Kier molecular flexibility index (Phi) is 2.49. The molecule has 3 rings (SSSR count). The lowest BCUT2D eigenvalue weighted by molar-refractivity contribution is -0.137. The first-order valence-corrected chi connectivity index (χ1v) is 5.83. The van der Waals surface area contributed by atoms with Crippen LogP contribution in [-0.2, 0) is 6.18 Å². The first kappa shape index (κ1) is 12.0. The molecule has 96 valence electrons. The largest absolute Gasteiger partial charge is 0.416 e. The quantitative estimate of drug-likeness (QED) is 0.534. The Labute approximate surface area is 107 Å². The minimum absolute atomic E-state index is 0.381. The fourth-order valence-electron chi connectivity index (χ4n) is 2.28. The molecule has 0 amide bonds. The Balaban J connectivity index is 2.38. The van der Waals surface area contributed by atoms with E-state index in [-0.39, 0.29) is 0 Å². The predicted molar refractivity (Wildman–Crippen MR) is 69.0 cm³/mol. The van der Waals surface area contributed by atoms with E-state index in [2.05, 4.69) is 4.98 Å².